The van der Waals surface area contributed by atoms with Crippen LogP contribution in [-0.2, 0) is 0 Å². The molecule has 3 aromatic rings. The Bertz CT molecular complexity index is 1100. The highest BCUT2D eigenvalue weighted by Crippen LogP contribution is 2.28. The van der Waals surface area contributed by atoms with Crippen molar-refractivity contribution in [2.75, 3.05) is 7.11 Å². The Morgan fingerprint density at radius 2 is 1.77 bits per heavy atom. The first-order valence-corrected chi connectivity index (χ1v) is 9.13. The largest absolute Gasteiger partial charge is 0.507 e. The number of esters is 1. The van der Waals surface area contributed by atoms with E-state index in [1.165, 1.54) is 25.5 Å². The standard InChI is InChI=1S/C22H17ClN2O5/c1-29-20-12-14(13-24-25-21(27)17-4-2-3-5-18(17)26)6-11-19(20)30-22(28)15-7-9-16(23)10-8-15/h2-13,26H,1H3,(H,25,27)/b24-13-. The van der Waals surface area contributed by atoms with Gasteiger partial charge in [0.25, 0.3) is 5.91 Å². The molecule has 1 amide bonds. The number of phenols is 1. The second-order valence-corrected chi connectivity index (χ2v) is 6.46. The topological polar surface area (TPSA) is 97.2 Å². The summed E-state index contributed by atoms with van der Waals surface area (Å²) in [5.74, 6) is -0.703. The molecular weight excluding hydrogens is 408 g/mol. The summed E-state index contributed by atoms with van der Waals surface area (Å²) in [4.78, 5) is 24.3. The minimum absolute atomic E-state index is 0.108. The molecule has 0 atom stereocenters. The minimum Gasteiger partial charge on any atom is -0.507 e. The average molecular weight is 425 g/mol. The number of benzene rings is 3. The monoisotopic (exact) mass is 424 g/mol. The molecule has 0 spiro atoms. The van der Waals surface area contributed by atoms with Crippen LogP contribution in [0.5, 0.6) is 17.2 Å². The van der Waals surface area contributed by atoms with Crippen molar-refractivity contribution in [3.8, 4) is 17.2 Å². The summed E-state index contributed by atoms with van der Waals surface area (Å²) in [7, 11) is 1.44. The van der Waals surface area contributed by atoms with Crippen LogP contribution in [0.1, 0.15) is 26.3 Å². The summed E-state index contributed by atoms with van der Waals surface area (Å²) in [5.41, 5.74) is 3.38. The Hall–Kier alpha value is -3.84. The zero-order valence-electron chi connectivity index (χ0n) is 15.8. The number of phenolic OH excluding ortho intramolecular Hbond substituents is 1. The molecule has 0 heterocycles. The van der Waals surface area contributed by atoms with E-state index in [4.69, 9.17) is 21.1 Å². The Kier molecular flexibility index (Phi) is 6.67. The zero-order chi connectivity index (χ0) is 21.5. The van der Waals surface area contributed by atoms with Gasteiger partial charge in [-0.3, -0.25) is 4.79 Å². The van der Waals surface area contributed by atoms with E-state index < -0.39 is 11.9 Å². The van der Waals surface area contributed by atoms with Crippen molar-refractivity contribution in [3.63, 3.8) is 0 Å². The maximum Gasteiger partial charge on any atom is 0.343 e. The number of nitrogens with zero attached hydrogens (tertiary/aromatic N) is 1. The molecular formula is C22H17ClN2O5. The van der Waals surface area contributed by atoms with Crippen molar-refractivity contribution in [1.29, 1.82) is 0 Å². The quantitative estimate of drug-likeness (QED) is 0.269. The first-order valence-electron chi connectivity index (χ1n) is 8.75. The number of aromatic hydroxyl groups is 1. The maximum atomic E-state index is 12.3. The van der Waals surface area contributed by atoms with Gasteiger partial charge in [-0.2, -0.15) is 5.10 Å². The van der Waals surface area contributed by atoms with Gasteiger partial charge in [0.1, 0.15) is 5.75 Å². The van der Waals surface area contributed by atoms with Crippen molar-refractivity contribution in [2.24, 2.45) is 5.10 Å². The molecule has 0 saturated heterocycles. The molecule has 7 nitrogen and oxygen atoms in total. The molecule has 0 bridgehead atoms. The van der Waals surface area contributed by atoms with E-state index in [0.717, 1.165) is 0 Å². The van der Waals surface area contributed by atoms with Gasteiger partial charge in [0.2, 0.25) is 0 Å². The van der Waals surface area contributed by atoms with Gasteiger partial charge in [0, 0.05) is 5.02 Å². The summed E-state index contributed by atoms with van der Waals surface area (Å²) in [6.45, 7) is 0. The van der Waals surface area contributed by atoms with Crippen LogP contribution in [0, 0.1) is 0 Å². The van der Waals surface area contributed by atoms with Gasteiger partial charge >= 0.3 is 5.97 Å². The van der Waals surface area contributed by atoms with E-state index in [0.29, 0.717) is 21.9 Å². The zero-order valence-corrected chi connectivity index (χ0v) is 16.6. The number of rotatable bonds is 6. The lowest BCUT2D eigenvalue weighted by atomic mass is 10.2. The molecule has 0 fully saturated rings. The fourth-order valence-electron chi connectivity index (χ4n) is 2.48. The summed E-state index contributed by atoms with van der Waals surface area (Å²) in [6.07, 6.45) is 1.39. The maximum absolute atomic E-state index is 12.3. The van der Waals surface area contributed by atoms with Crippen molar-refractivity contribution < 1.29 is 24.2 Å². The van der Waals surface area contributed by atoms with E-state index >= 15 is 0 Å². The number of hydrogen-bond donors (Lipinski definition) is 2. The molecule has 152 valence electrons. The highest BCUT2D eigenvalue weighted by atomic mass is 35.5. The van der Waals surface area contributed by atoms with Crippen molar-refractivity contribution in [2.45, 2.75) is 0 Å². The van der Waals surface area contributed by atoms with Crippen LogP contribution in [0.25, 0.3) is 0 Å². The lowest BCUT2D eigenvalue weighted by molar-refractivity contribution is 0.0729. The van der Waals surface area contributed by atoms with Gasteiger partial charge in [-0.1, -0.05) is 23.7 Å². The van der Waals surface area contributed by atoms with Crippen LogP contribution in [0.4, 0.5) is 0 Å². The molecule has 0 saturated carbocycles. The number of hydrazone groups is 1. The number of carbonyl (C=O) groups is 2. The summed E-state index contributed by atoms with van der Waals surface area (Å²) >= 11 is 5.82. The van der Waals surface area contributed by atoms with E-state index in [2.05, 4.69) is 10.5 Å². The smallest absolute Gasteiger partial charge is 0.343 e. The lowest BCUT2D eigenvalue weighted by Gasteiger charge is -2.10. The third-order valence-corrected chi connectivity index (χ3v) is 4.25. The van der Waals surface area contributed by atoms with Gasteiger partial charge in [-0.05, 0) is 60.2 Å². The molecule has 3 rings (SSSR count). The molecule has 2 N–H and O–H groups in total. The predicted molar refractivity (Wildman–Crippen MR) is 113 cm³/mol. The second kappa shape index (κ2) is 9.58. The molecule has 0 aromatic heterocycles. The number of halogens is 1. The lowest BCUT2D eigenvalue weighted by Crippen LogP contribution is -2.17. The first-order chi connectivity index (χ1) is 14.5. The number of carbonyl (C=O) groups excluding carboxylic acids is 2. The van der Waals surface area contributed by atoms with E-state index in [9.17, 15) is 14.7 Å². The van der Waals surface area contributed by atoms with Crippen LogP contribution >= 0.6 is 11.6 Å². The molecule has 8 heteroatoms. The summed E-state index contributed by atoms with van der Waals surface area (Å²) in [6, 6.07) is 17.2. The number of nitrogens with one attached hydrogen (secondary N) is 1. The Morgan fingerprint density at radius 1 is 1.03 bits per heavy atom. The molecule has 0 aliphatic rings. The third-order valence-electron chi connectivity index (χ3n) is 4.00. The highest BCUT2D eigenvalue weighted by Gasteiger charge is 2.13. The molecule has 0 aliphatic heterocycles. The molecule has 0 radical (unpaired) electrons. The molecule has 0 unspecified atom stereocenters. The van der Waals surface area contributed by atoms with Gasteiger partial charge in [0.05, 0.1) is 24.5 Å². The van der Waals surface area contributed by atoms with Gasteiger partial charge in [0.15, 0.2) is 11.5 Å². The predicted octanol–water partition coefficient (Wildman–Crippen LogP) is 4.04. The van der Waals surface area contributed by atoms with Gasteiger partial charge < -0.3 is 14.6 Å². The van der Waals surface area contributed by atoms with Gasteiger partial charge in [-0.15, -0.1) is 0 Å². The van der Waals surface area contributed by atoms with Gasteiger partial charge in [-0.25, -0.2) is 10.2 Å². The third kappa shape index (κ3) is 5.15. The SMILES string of the molecule is COc1cc(/C=N\NC(=O)c2ccccc2O)ccc1OC(=O)c1ccc(Cl)cc1. The second-order valence-electron chi connectivity index (χ2n) is 6.02. The van der Waals surface area contributed by atoms with Crippen LogP contribution in [0.15, 0.2) is 71.8 Å². The summed E-state index contributed by atoms with van der Waals surface area (Å²) in [5, 5.41) is 14.1. The number of ether oxygens (including phenoxy) is 2. The van der Waals surface area contributed by atoms with Crippen LogP contribution < -0.4 is 14.9 Å². The number of amides is 1. The Balaban J connectivity index is 1.68. The Labute approximate surface area is 177 Å². The van der Waals surface area contributed by atoms with Crippen LogP contribution in [0.2, 0.25) is 5.02 Å². The summed E-state index contributed by atoms with van der Waals surface area (Å²) < 4.78 is 10.7. The van der Waals surface area contributed by atoms with E-state index in [1.54, 1.807) is 54.6 Å². The Morgan fingerprint density at radius 3 is 2.47 bits per heavy atom. The van der Waals surface area contributed by atoms with Crippen LogP contribution in [0.3, 0.4) is 0 Å². The van der Waals surface area contributed by atoms with E-state index in [-0.39, 0.29) is 17.1 Å². The van der Waals surface area contributed by atoms with Crippen LogP contribution in [-0.4, -0.2) is 30.3 Å². The number of para-hydroxylation sites is 1. The highest BCUT2D eigenvalue weighted by molar-refractivity contribution is 6.30. The molecule has 3 aromatic carbocycles. The fraction of sp³-hybridized carbons (Fsp3) is 0.0455. The number of hydrogen-bond acceptors (Lipinski definition) is 6. The average Bonchev–Trinajstić information content (AvgIpc) is 2.75. The van der Waals surface area contributed by atoms with Crippen molar-refractivity contribution >= 4 is 29.7 Å². The van der Waals surface area contributed by atoms with Crippen molar-refractivity contribution in [3.05, 3.63) is 88.4 Å². The molecule has 0 aliphatic carbocycles. The van der Waals surface area contributed by atoms with E-state index in [1.807, 2.05) is 0 Å². The number of methoxy groups -OCH3 is 1. The first kappa shape index (κ1) is 20.9. The molecule has 30 heavy (non-hydrogen) atoms. The van der Waals surface area contributed by atoms with Crippen molar-refractivity contribution in [1.82, 2.24) is 5.43 Å². The normalized spacial score (nSPS) is 10.6. The fourth-order valence-corrected chi connectivity index (χ4v) is 2.61. The minimum atomic E-state index is -0.554.